The maximum absolute atomic E-state index is 12.4. The van der Waals surface area contributed by atoms with Gasteiger partial charge in [0.2, 0.25) is 5.91 Å². The van der Waals surface area contributed by atoms with Crippen molar-refractivity contribution in [1.29, 1.82) is 0 Å². The maximum atomic E-state index is 12.4. The average molecular weight is 416 g/mol. The van der Waals surface area contributed by atoms with Crippen molar-refractivity contribution < 1.29 is 4.79 Å². The topological polar surface area (TPSA) is 94.7 Å². The number of imidazole rings is 1. The molecule has 30 heavy (non-hydrogen) atoms. The molecule has 4 aromatic heterocycles. The molecule has 0 aliphatic heterocycles. The second-order valence-electron chi connectivity index (χ2n) is 6.69. The minimum atomic E-state index is -0.199. The number of anilines is 1. The van der Waals surface area contributed by atoms with Crippen molar-refractivity contribution in [3.8, 4) is 5.82 Å². The number of carbonyl (C=O) groups is 1. The van der Waals surface area contributed by atoms with Gasteiger partial charge in [0, 0.05) is 13.0 Å². The molecule has 0 aliphatic carbocycles. The van der Waals surface area contributed by atoms with Crippen molar-refractivity contribution in [3.63, 3.8) is 0 Å². The van der Waals surface area contributed by atoms with Gasteiger partial charge in [-0.05, 0) is 35.7 Å². The highest BCUT2D eigenvalue weighted by Crippen LogP contribution is 2.18. The normalized spacial score (nSPS) is 11.2. The van der Waals surface area contributed by atoms with E-state index < -0.39 is 0 Å². The first-order valence-electron chi connectivity index (χ1n) is 9.30. The second-order valence-corrected chi connectivity index (χ2v) is 7.58. The molecule has 0 atom stereocenters. The lowest BCUT2D eigenvalue weighted by molar-refractivity contribution is -0.116. The minimum Gasteiger partial charge on any atom is -0.325 e. The van der Waals surface area contributed by atoms with Crippen LogP contribution in [0.1, 0.15) is 6.42 Å². The Balaban J connectivity index is 1.26. The number of amides is 1. The third-order valence-corrected chi connectivity index (χ3v) is 5.58. The Labute approximate surface area is 174 Å². The van der Waals surface area contributed by atoms with Crippen molar-refractivity contribution in [2.24, 2.45) is 0 Å². The Hall–Kier alpha value is -3.85. The molecular weight excluding hydrogens is 400 g/mol. The molecule has 0 unspecified atom stereocenters. The highest BCUT2D eigenvalue weighted by atomic mass is 32.1. The summed E-state index contributed by atoms with van der Waals surface area (Å²) in [5.41, 5.74) is 2.31. The number of carbonyl (C=O) groups excluding carboxylic acids is 1. The number of nitrogens with zero attached hydrogens (tertiary/aromatic N) is 5. The number of pyridine rings is 1. The summed E-state index contributed by atoms with van der Waals surface area (Å²) >= 11 is 1.42. The van der Waals surface area contributed by atoms with Crippen molar-refractivity contribution in [2.45, 2.75) is 13.0 Å². The van der Waals surface area contributed by atoms with Gasteiger partial charge in [-0.25, -0.2) is 15.0 Å². The SMILES string of the molecule is O=C(CCn1cnc2sccc2c1=O)Nc1ccc(-n2cnc3ccccc32)nc1. The van der Waals surface area contributed by atoms with E-state index in [1.807, 2.05) is 40.3 Å². The van der Waals surface area contributed by atoms with Crippen LogP contribution < -0.4 is 10.9 Å². The highest BCUT2D eigenvalue weighted by Gasteiger charge is 2.09. The van der Waals surface area contributed by atoms with Gasteiger partial charge in [0.1, 0.15) is 17.0 Å². The molecule has 5 rings (SSSR count). The number of aromatic nitrogens is 5. The third kappa shape index (κ3) is 3.35. The van der Waals surface area contributed by atoms with E-state index in [0.29, 0.717) is 21.7 Å². The number of para-hydroxylation sites is 2. The van der Waals surface area contributed by atoms with Gasteiger partial charge in [-0.3, -0.25) is 18.7 Å². The summed E-state index contributed by atoms with van der Waals surface area (Å²) < 4.78 is 3.35. The summed E-state index contributed by atoms with van der Waals surface area (Å²) in [5, 5.41) is 5.22. The summed E-state index contributed by atoms with van der Waals surface area (Å²) in [7, 11) is 0. The number of hydrogen-bond acceptors (Lipinski definition) is 6. The van der Waals surface area contributed by atoms with Crippen molar-refractivity contribution in [2.75, 3.05) is 5.32 Å². The molecule has 8 nitrogen and oxygen atoms in total. The zero-order chi connectivity index (χ0) is 20.5. The predicted octanol–water partition coefficient (Wildman–Crippen LogP) is 3.22. The van der Waals surface area contributed by atoms with E-state index in [1.54, 1.807) is 24.7 Å². The zero-order valence-corrected chi connectivity index (χ0v) is 16.5. The molecular formula is C21H16N6O2S. The molecule has 0 aliphatic rings. The smallest absolute Gasteiger partial charge is 0.262 e. The largest absolute Gasteiger partial charge is 0.325 e. The van der Waals surface area contributed by atoms with Crippen molar-refractivity contribution in [3.05, 3.63) is 77.0 Å². The van der Waals surface area contributed by atoms with Crippen LogP contribution >= 0.6 is 11.3 Å². The highest BCUT2D eigenvalue weighted by molar-refractivity contribution is 7.16. The summed E-state index contributed by atoms with van der Waals surface area (Å²) in [5.74, 6) is 0.512. The van der Waals surface area contributed by atoms with Crippen LogP contribution in [0.15, 0.2) is 71.5 Å². The maximum Gasteiger partial charge on any atom is 0.262 e. The summed E-state index contributed by atoms with van der Waals surface area (Å²) in [6.45, 7) is 0.260. The van der Waals surface area contributed by atoms with E-state index in [9.17, 15) is 9.59 Å². The lowest BCUT2D eigenvalue weighted by Crippen LogP contribution is -2.23. The van der Waals surface area contributed by atoms with Gasteiger partial charge >= 0.3 is 0 Å². The van der Waals surface area contributed by atoms with E-state index in [0.717, 1.165) is 11.0 Å². The number of aryl methyl sites for hydroxylation is 1. The van der Waals surface area contributed by atoms with Gasteiger partial charge < -0.3 is 5.32 Å². The van der Waals surface area contributed by atoms with Crippen molar-refractivity contribution in [1.82, 2.24) is 24.1 Å². The van der Waals surface area contributed by atoms with Gasteiger partial charge in [-0.2, -0.15) is 0 Å². The van der Waals surface area contributed by atoms with Gasteiger partial charge in [-0.1, -0.05) is 12.1 Å². The molecule has 148 valence electrons. The number of thiophene rings is 1. The number of fused-ring (bicyclic) bond motifs is 2. The van der Waals surface area contributed by atoms with Crippen LogP contribution in [-0.2, 0) is 11.3 Å². The standard InChI is InChI=1S/C21H16N6O2S/c28-19(7-9-26-12-24-20-15(21(26)29)8-10-30-20)25-14-5-6-18(22-11-14)27-13-23-16-3-1-2-4-17(16)27/h1-6,8,10-13H,7,9H2,(H,25,28). The molecule has 9 heteroatoms. The molecule has 0 fully saturated rings. The fourth-order valence-corrected chi connectivity index (χ4v) is 3.97. The second kappa shape index (κ2) is 7.53. The Morgan fingerprint density at radius 2 is 1.93 bits per heavy atom. The molecule has 1 amide bonds. The summed E-state index contributed by atoms with van der Waals surface area (Å²) in [4.78, 5) is 38.4. The molecule has 1 aromatic carbocycles. The van der Waals surface area contributed by atoms with E-state index in [4.69, 9.17) is 0 Å². The van der Waals surface area contributed by atoms with Gasteiger partial charge in [0.25, 0.3) is 5.56 Å². The van der Waals surface area contributed by atoms with Crippen LogP contribution in [0.5, 0.6) is 0 Å². The number of rotatable bonds is 5. The first kappa shape index (κ1) is 18.2. The zero-order valence-electron chi connectivity index (χ0n) is 15.7. The lowest BCUT2D eigenvalue weighted by atomic mass is 10.3. The molecule has 5 aromatic rings. The van der Waals surface area contributed by atoms with E-state index in [1.165, 1.54) is 22.2 Å². The monoisotopic (exact) mass is 416 g/mol. The van der Waals surface area contributed by atoms with E-state index in [2.05, 4.69) is 20.3 Å². The molecule has 0 saturated carbocycles. The van der Waals surface area contributed by atoms with E-state index >= 15 is 0 Å². The third-order valence-electron chi connectivity index (χ3n) is 4.76. The summed E-state index contributed by atoms with van der Waals surface area (Å²) in [6, 6.07) is 13.2. The van der Waals surface area contributed by atoms with Crippen LogP contribution in [0.2, 0.25) is 0 Å². The Kier molecular flexibility index (Phi) is 4.56. The van der Waals surface area contributed by atoms with Gasteiger partial charge in [0.05, 0.1) is 34.6 Å². The number of benzene rings is 1. The Bertz CT molecular complexity index is 1420. The fourth-order valence-electron chi connectivity index (χ4n) is 3.24. The first-order chi connectivity index (χ1) is 14.7. The van der Waals surface area contributed by atoms with Crippen LogP contribution in [0.25, 0.3) is 27.1 Å². The average Bonchev–Trinajstić information content (AvgIpc) is 3.41. The quantitative estimate of drug-likeness (QED) is 0.475. The molecule has 0 bridgehead atoms. The molecule has 0 spiro atoms. The van der Waals surface area contributed by atoms with Crippen LogP contribution in [0, 0.1) is 0 Å². The number of hydrogen-bond donors (Lipinski definition) is 1. The molecule has 0 radical (unpaired) electrons. The molecule has 4 heterocycles. The summed E-state index contributed by atoms with van der Waals surface area (Å²) in [6.07, 6.45) is 4.97. The van der Waals surface area contributed by atoms with Crippen molar-refractivity contribution >= 4 is 44.2 Å². The van der Waals surface area contributed by atoms with Gasteiger partial charge in [-0.15, -0.1) is 11.3 Å². The minimum absolute atomic E-state index is 0.132. The Morgan fingerprint density at radius 3 is 2.80 bits per heavy atom. The Morgan fingerprint density at radius 1 is 1.03 bits per heavy atom. The lowest BCUT2D eigenvalue weighted by Gasteiger charge is -2.08. The van der Waals surface area contributed by atoms with Gasteiger partial charge in [0.15, 0.2) is 0 Å². The van der Waals surface area contributed by atoms with Crippen LogP contribution in [0.4, 0.5) is 5.69 Å². The first-order valence-corrected chi connectivity index (χ1v) is 10.2. The number of nitrogens with one attached hydrogen (secondary N) is 1. The predicted molar refractivity (Wildman–Crippen MR) is 116 cm³/mol. The fraction of sp³-hybridized carbons (Fsp3) is 0.0952. The van der Waals surface area contributed by atoms with E-state index in [-0.39, 0.29) is 24.4 Å². The van der Waals surface area contributed by atoms with Crippen LogP contribution in [0.3, 0.4) is 0 Å². The molecule has 1 N–H and O–H groups in total. The van der Waals surface area contributed by atoms with Crippen LogP contribution in [-0.4, -0.2) is 30.0 Å². The molecule has 0 saturated heterocycles.